The molecule has 0 saturated heterocycles. The predicted octanol–water partition coefficient (Wildman–Crippen LogP) is 3.53. The van der Waals surface area contributed by atoms with Gasteiger partial charge in [-0.1, -0.05) is 19.3 Å². The lowest BCUT2D eigenvalue weighted by molar-refractivity contribution is -0.137. The molecule has 0 aromatic carbocycles. The van der Waals surface area contributed by atoms with Crippen LogP contribution in [0.15, 0.2) is 12.4 Å². The molecule has 31 heavy (non-hydrogen) atoms. The lowest BCUT2D eigenvalue weighted by atomic mass is 9.92. The number of hydrogen-bond acceptors (Lipinski definition) is 8. The molecule has 2 aromatic heterocycles. The quantitative estimate of drug-likeness (QED) is 0.409. The second-order valence-corrected chi connectivity index (χ2v) is 8.07. The van der Waals surface area contributed by atoms with Gasteiger partial charge in [0.2, 0.25) is 5.95 Å². The van der Waals surface area contributed by atoms with E-state index in [-0.39, 0.29) is 18.3 Å². The summed E-state index contributed by atoms with van der Waals surface area (Å²) >= 11 is 0. The molecule has 0 bridgehead atoms. The van der Waals surface area contributed by atoms with Gasteiger partial charge in [0.15, 0.2) is 0 Å². The van der Waals surface area contributed by atoms with Crippen molar-refractivity contribution in [2.75, 3.05) is 25.2 Å². The summed E-state index contributed by atoms with van der Waals surface area (Å²) in [5, 5.41) is 12.2. The highest BCUT2D eigenvalue weighted by Crippen LogP contribution is 2.44. The zero-order chi connectivity index (χ0) is 22.2. The monoisotopic (exact) mass is 428 g/mol. The number of nitrogens with two attached hydrogens (primary N) is 1. The summed E-state index contributed by atoms with van der Waals surface area (Å²) in [4.78, 5) is 28.5. The number of nitrogen functional groups attached to an aromatic ring is 1. The summed E-state index contributed by atoms with van der Waals surface area (Å²) in [6.45, 7) is 0. The fourth-order valence-electron chi connectivity index (χ4n) is 3.93. The van der Waals surface area contributed by atoms with Crippen LogP contribution in [0.1, 0.15) is 80.0 Å². The third kappa shape index (κ3) is 6.50. The molecule has 9 heteroatoms. The summed E-state index contributed by atoms with van der Waals surface area (Å²) in [6.07, 6.45) is 11.5. The molecule has 9 nitrogen and oxygen atoms in total. The predicted molar refractivity (Wildman–Crippen MR) is 118 cm³/mol. The van der Waals surface area contributed by atoms with E-state index in [1.165, 1.54) is 20.0 Å². The van der Waals surface area contributed by atoms with Gasteiger partial charge in [-0.2, -0.15) is 4.98 Å². The lowest BCUT2D eigenvalue weighted by Gasteiger charge is -2.15. The Morgan fingerprint density at radius 3 is 2.55 bits per heavy atom. The summed E-state index contributed by atoms with van der Waals surface area (Å²) in [7, 11) is 3.31. The normalized spacial score (nSPS) is 14.3. The Balaban J connectivity index is 1.48. The second-order valence-electron chi connectivity index (χ2n) is 8.07. The highest BCUT2D eigenvalue weighted by molar-refractivity contribution is 5.68. The number of aryl methyl sites for hydroxylation is 1. The van der Waals surface area contributed by atoms with Gasteiger partial charge in [0.05, 0.1) is 19.2 Å². The smallest absolute Gasteiger partial charge is 0.316 e. The Hall–Kier alpha value is -2.97. The SMILES string of the molecule is CNc1nc(N)c(C2CC2)c(CCCCCCC(CC(=O)O)c2cnc(OC)nc2)n1. The number of unbranched alkanes of at least 4 members (excludes halogenated alkanes) is 3. The first kappa shape index (κ1) is 22.7. The largest absolute Gasteiger partial charge is 0.481 e. The summed E-state index contributed by atoms with van der Waals surface area (Å²) in [5.41, 5.74) is 9.23. The van der Waals surface area contributed by atoms with Gasteiger partial charge in [-0.25, -0.2) is 15.0 Å². The molecule has 2 aromatic rings. The molecular formula is C22H32N6O3. The molecule has 0 amide bonds. The molecule has 4 N–H and O–H groups in total. The van der Waals surface area contributed by atoms with E-state index in [4.69, 9.17) is 10.5 Å². The fourth-order valence-corrected chi connectivity index (χ4v) is 3.93. The van der Waals surface area contributed by atoms with Crippen LogP contribution in [0, 0.1) is 0 Å². The van der Waals surface area contributed by atoms with Gasteiger partial charge in [-0.3, -0.25) is 4.79 Å². The van der Waals surface area contributed by atoms with E-state index < -0.39 is 5.97 Å². The zero-order valence-corrected chi connectivity index (χ0v) is 18.3. The van der Waals surface area contributed by atoms with Crippen molar-refractivity contribution in [1.82, 2.24) is 19.9 Å². The molecule has 1 saturated carbocycles. The van der Waals surface area contributed by atoms with Gasteiger partial charge < -0.3 is 20.9 Å². The van der Waals surface area contributed by atoms with Crippen molar-refractivity contribution >= 4 is 17.7 Å². The third-order valence-corrected chi connectivity index (χ3v) is 5.70. The number of carboxylic acid groups (broad SMARTS) is 1. The average molecular weight is 429 g/mol. The Bertz CT molecular complexity index is 870. The summed E-state index contributed by atoms with van der Waals surface area (Å²) in [5.74, 6) is 0.800. The molecule has 168 valence electrons. The van der Waals surface area contributed by atoms with Crippen LogP contribution in [0.25, 0.3) is 0 Å². The average Bonchev–Trinajstić information content (AvgIpc) is 3.59. The number of carboxylic acids is 1. The van der Waals surface area contributed by atoms with Crippen LogP contribution in [0.2, 0.25) is 0 Å². The van der Waals surface area contributed by atoms with E-state index in [2.05, 4.69) is 25.3 Å². The van der Waals surface area contributed by atoms with Gasteiger partial charge in [-0.05, 0) is 49.5 Å². The Morgan fingerprint density at radius 1 is 1.23 bits per heavy atom. The van der Waals surface area contributed by atoms with E-state index in [1.807, 2.05) is 0 Å². The van der Waals surface area contributed by atoms with Crippen molar-refractivity contribution in [2.24, 2.45) is 0 Å². The number of aromatic nitrogens is 4. The fraction of sp³-hybridized carbons (Fsp3) is 0.591. The number of methoxy groups -OCH3 is 1. The number of hydrogen-bond donors (Lipinski definition) is 3. The molecule has 3 rings (SSSR count). The minimum atomic E-state index is -0.810. The number of nitrogens with one attached hydrogen (secondary N) is 1. The molecule has 1 aliphatic carbocycles. The van der Waals surface area contributed by atoms with Crippen LogP contribution < -0.4 is 15.8 Å². The molecule has 0 radical (unpaired) electrons. The number of nitrogens with zero attached hydrogens (tertiary/aromatic N) is 4. The Labute approximate surface area is 182 Å². The maximum absolute atomic E-state index is 11.3. The standard InChI is InChI=1S/C22H32N6O3/c1-24-21-27-17(19(14-9-10-14)20(23)28-21)8-6-4-3-5-7-15(11-18(29)30)16-12-25-22(31-2)26-13-16/h12-15H,3-11H2,1-2H3,(H,29,30)(H3,23,24,27,28). The second kappa shape index (κ2) is 10.9. The number of rotatable bonds is 13. The summed E-state index contributed by atoms with van der Waals surface area (Å²) in [6, 6.07) is 0.287. The van der Waals surface area contributed by atoms with Crippen LogP contribution in [0.4, 0.5) is 11.8 Å². The molecule has 2 heterocycles. The van der Waals surface area contributed by atoms with Crippen LogP contribution in [0.5, 0.6) is 6.01 Å². The van der Waals surface area contributed by atoms with Crippen LogP contribution >= 0.6 is 0 Å². The van der Waals surface area contributed by atoms with Crippen molar-refractivity contribution in [1.29, 1.82) is 0 Å². The number of carbonyl (C=O) groups is 1. The Kier molecular flexibility index (Phi) is 7.97. The van der Waals surface area contributed by atoms with E-state index in [9.17, 15) is 9.90 Å². The highest BCUT2D eigenvalue weighted by atomic mass is 16.5. The van der Waals surface area contributed by atoms with Crippen LogP contribution in [0.3, 0.4) is 0 Å². The number of aliphatic carboxylic acids is 1. The molecule has 0 aliphatic heterocycles. The highest BCUT2D eigenvalue weighted by Gasteiger charge is 2.30. The first-order valence-electron chi connectivity index (χ1n) is 10.9. The molecule has 1 atom stereocenters. The molecule has 1 fully saturated rings. The van der Waals surface area contributed by atoms with Gasteiger partial charge in [0, 0.05) is 25.0 Å². The number of ether oxygens (including phenoxy) is 1. The molecule has 1 unspecified atom stereocenters. The van der Waals surface area contributed by atoms with Crippen molar-refractivity contribution in [3.05, 3.63) is 29.2 Å². The van der Waals surface area contributed by atoms with Crippen molar-refractivity contribution < 1.29 is 14.6 Å². The minimum absolute atomic E-state index is 0.0768. The summed E-state index contributed by atoms with van der Waals surface area (Å²) < 4.78 is 4.98. The van der Waals surface area contributed by atoms with Crippen molar-refractivity contribution in [3.8, 4) is 6.01 Å². The molecule has 1 aliphatic rings. The topological polar surface area (TPSA) is 136 Å². The van der Waals surface area contributed by atoms with E-state index in [1.54, 1.807) is 19.4 Å². The maximum atomic E-state index is 11.3. The third-order valence-electron chi connectivity index (χ3n) is 5.70. The van der Waals surface area contributed by atoms with Gasteiger partial charge >= 0.3 is 12.0 Å². The first-order valence-corrected chi connectivity index (χ1v) is 10.9. The van der Waals surface area contributed by atoms with Crippen molar-refractivity contribution in [2.45, 2.75) is 69.6 Å². The van der Waals surface area contributed by atoms with E-state index >= 15 is 0 Å². The number of anilines is 2. The lowest BCUT2D eigenvalue weighted by Crippen LogP contribution is -2.09. The van der Waals surface area contributed by atoms with E-state index in [0.717, 1.165) is 55.3 Å². The molecule has 0 spiro atoms. The first-order chi connectivity index (χ1) is 15.0. The van der Waals surface area contributed by atoms with Gasteiger partial charge in [0.25, 0.3) is 0 Å². The maximum Gasteiger partial charge on any atom is 0.316 e. The van der Waals surface area contributed by atoms with Crippen molar-refractivity contribution in [3.63, 3.8) is 0 Å². The van der Waals surface area contributed by atoms with Crippen LogP contribution in [-0.4, -0.2) is 45.2 Å². The van der Waals surface area contributed by atoms with Gasteiger partial charge in [0.1, 0.15) is 5.82 Å². The van der Waals surface area contributed by atoms with Crippen LogP contribution in [-0.2, 0) is 11.2 Å². The zero-order valence-electron chi connectivity index (χ0n) is 18.3. The Morgan fingerprint density at radius 2 is 1.94 bits per heavy atom. The molecular weight excluding hydrogens is 396 g/mol. The van der Waals surface area contributed by atoms with E-state index in [0.29, 0.717) is 17.7 Å². The van der Waals surface area contributed by atoms with Gasteiger partial charge in [-0.15, -0.1) is 0 Å². The minimum Gasteiger partial charge on any atom is -0.481 e.